The lowest BCUT2D eigenvalue weighted by Crippen LogP contribution is -2.01. The van der Waals surface area contributed by atoms with Crippen LogP contribution in [-0.4, -0.2) is 24.1 Å². The molecule has 0 amide bonds. The predicted molar refractivity (Wildman–Crippen MR) is 235 cm³/mol. The van der Waals surface area contributed by atoms with E-state index in [1.54, 1.807) is 0 Å². The molecule has 3 aromatic heterocycles. The molecule has 11 rings (SSSR count). The first-order valence-electron chi connectivity index (χ1n) is 19.3. The molecule has 0 atom stereocenters. The number of rotatable bonds is 6. The van der Waals surface area contributed by atoms with Crippen LogP contribution in [0.5, 0.6) is 0 Å². The average molecular weight is 730 g/mol. The molecule has 0 saturated heterocycles. The Kier molecular flexibility index (Phi) is 7.64. The molecule has 8 aromatic carbocycles. The second kappa shape index (κ2) is 13.3. The lowest BCUT2D eigenvalue weighted by molar-refractivity contribution is 1.07. The third-order valence-electron chi connectivity index (χ3n) is 11.0. The molecule has 0 N–H and O–H groups in total. The number of benzene rings is 8. The fourth-order valence-electron chi connectivity index (χ4n) is 8.32. The van der Waals surface area contributed by atoms with Crippen LogP contribution in [0.4, 0.5) is 0 Å². The molecule has 0 bridgehead atoms. The maximum atomic E-state index is 5.08. The second-order valence-corrected chi connectivity index (χ2v) is 14.6. The first-order chi connectivity index (χ1) is 28.2. The van der Waals surface area contributed by atoms with Gasteiger partial charge in [-0.15, -0.1) is 0 Å². The Morgan fingerprint density at radius 3 is 1.47 bits per heavy atom. The van der Waals surface area contributed by atoms with Crippen molar-refractivity contribution in [3.05, 3.63) is 200 Å². The molecule has 57 heavy (non-hydrogen) atoms. The molecule has 0 aliphatic rings. The number of hydrogen-bond acceptors (Lipinski definition) is 3. The molecular weight excluding hydrogens is 695 g/mol. The number of para-hydroxylation sites is 2. The lowest BCUT2D eigenvalue weighted by Gasteiger charge is -2.12. The third kappa shape index (κ3) is 5.59. The van der Waals surface area contributed by atoms with Crippen molar-refractivity contribution in [3.8, 4) is 56.7 Å². The van der Waals surface area contributed by atoms with Gasteiger partial charge < -0.3 is 9.13 Å². The van der Waals surface area contributed by atoms with Crippen LogP contribution >= 0.6 is 0 Å². The quantitative estimate of drug-likeness (QED) is 0.171. The highest BCUT2D eigenvalue weighted by atomic mass is 15.0. The van der Waals surface area contributed by atoms with Gasteiger partial charge in [-0.2, -0.15) is 0 Å². The van der Waals surface area contributed by atoms with E-state index in [9.17, 15) is 0 Å². The minimum absolute atomic E-state index is 0.629. The van der Waals surface area contributed by atoms with Crippen molar-refractivity contribution in [2.24, 2.45) is 0 Å². The van der Waals surface area contributed by atoms with Gasteiger partial charge in [0.25, 0.3) is 0 Å². The largest absolute Gasteiger partial charge is 0.309 e. The Bertz CT molecular complexity index is 3230. The summed E-state index contributed by atoms with van der Waals surface area (Å²) in [6.45, 7) is 2.16. The molecule has 0 saturated carbocycles. The highest BCUT2D eigenvalue weighted by Gasteiger charge is 2.18. The van der Waals surface area contributed by atoms with Crippen molar-refractivity contribution in [1.82, 2.24) is 24.1 Å². The maximum Gasteiger partial charge on any atom is 0.164 e. The van der Waals surface area contributed by atoms with E-state index < -0.39 is 0 Å². The molecule has 0 spiro atoms. The summed E-state index contributed by atoms with van der Waals surface area (Å²) >= 11 is 0. The van der Waals surface area contributed by atoms with Crippen molar-refractivity contribution >= 4 is 43.6 Å². The molecule has 0 fully saturated rings. The lowest BCUT2D eigenvalue weighted by atomic mass is 10.0. The first kappa shape index (κ1) is 32.8. The van der Waals surface area contributed by atoms with Crippen LogP contribution in [-0.2, 0) is 0 Å². The number of aryl methyl sites for hydroxylation is 1. The number of aromatic nitrogens is 5. The first-order valence-corrected chi connectivity index (χ1v) is 19.3. The second-order valence-electron chi connectivity index (χ2n) is 14.6. The normalized spacial score (nSPS) is 11.6. The maximum absolute atomic E-state index is 5.08. The summed E-state index contributed by atoms with van der Waals surface area (Å²) in [7, 11) is 0. The van der Waals surface area contributed by atoms with Gasteiger partial charge in [-0.1, -0.05) is 127 Å². The van der Waals surface area contributed by atoms with Crippen molar-refractivity contribution in [1.29, 1.82) is 0 Å². The molecule has 268 valence electrons. The van der Waals surface area contributed by atoms with Crippen molar-refractivity contribution in [2.45, 2.75) is 6.92 Å². The van der Waals surface area contributed by atoms with Gasteiger partial charge in [-0.05, 0) is 90.3 Å². The third-order valence-corrected chi connectivity index (χ3v) is 11.0. The smallest absolute Gasteiger partial charge is 0.164 e. The number of hydrogen-bond donors (Lipinski definition) is 0. The Labute approximate surface area is 329 Å². The van der Waals surface area contributed by atoms with E-state index in [1.165, 1.54) is 43.7 Å². The van der Waals surface area contributed by atoms with Crippen LogP contribution in [0.3, 0.4) is 0 Å². The minimum Gasteiger partial charge on any atom is -0.309 e. The molecule has 11 aromatic rings. The van der Waals surface area contributed by atoms with E-state index in [1.807, 2.05) is 36.4 Å². The molecular formula is C52H35N5. The van der Waals surface area contributed by atoms with Gasteiger partial charge in [0.2, 0.25) is 0 Å². The zero-order chi connectivity index (χ0) is 37.9. The molecule has 0 unspecified atom stereocenters. The minimum atomic E-state index is 0.629. The zero-order valence-corrected chi connectivity index (χ0v) is 31.2. The topological polar surface area (TPSA) is 48.5 Å². The van der Waals surface area contributed by atoms with Gasteiger partial charge in [0.1, 0.15) is 0 Å². The summed E-state index contributed by atoms with van der Waals surface area (Å²) in [5.41, 5.74) is 13.2. The van der Waals surface area contributed by atoms with Gasteiger partial charge >= 0.3 is 0 Å². The van der Waals surface area contributed by atoms with Crippen LogP contribution in [0.25, 0.3) is 100 Å². The van der Waals surface area contributed by atoms with Gasteiger partial charge in [0.15, 0.2) is 17.5 Å². The Morgan fingerprint density at radius 2 is 0.789 bits per heavy atom. The Morgan fingerprint density at radius 1 is 0.298 bits per heavy atom. The summed E-state index contributed by atoms with van der Waals surface area (Å²) in [5.74, 6) is 1.91. The van der Waals surface area contributed by atoms with E-state index in [0.717, 1.165) is 44.7 Å². The van der Waals surface area contributed by atoms with Crippen LogP contribution in [0, 0.1) is 6.92 Å². The fraction of sp³-hybridized carbons (Fsp3) is 0.0192. The Hall–Kier alpha value is -7.63. The number of fused-ring (bicyclic) bond motifs is 6. The summed E-state index contributed by atoms with van der Waals surface area (Å²) < 4.78 is 4.77. The van der Waals surface area contributed by atoms with Crippen LogP contribution in [0.1, 0.15) is 5.56 Å². The molecule has 0 radical (unpaired) electrons. The van der Waals surface area contributed by atoms with Gasteiger partial charge in [-0.25, -0.2) is 15.0 Å². The molecule has 0 aliphatic heterocycles. The van der Waals surface area contributed by atoms with Crippen molar-refractivity contribution < 1.29 is 0 Å². The van der Waals surface area contributed by atoms with E-state index in [4.69, 9.17) is 15.0 Å². The molecule has 5 nitrogen and oxygen atoms in total. The van der Waals surface area contributed by atoms with Gasteiger partial charge in [0, 0.05) is 49.6 Å². The molecule has 5 heteroatoms. The summed E-state index contributed by atoms with van der Waals surface area (Å²) in [5, 5.41) is 4.94. The van der Waals surface area contributed by atoms with Crippen molar-refractivity contribution in [3.63, 3.8) is 0 Å². The summed E-state index contributed by atoms with van der Waals surface area (Å²) in [4.78, 5) is 15.1. The van der Waals surface area contributed by atoms with E-state index in [-0.39, 0.29) is 0 Å². The predicted octanol–water partition coefficient (Wildman–Crippen LogP) is 13.0. The van der Waals surface area contributed by atoms with E-state index >= 15 is 0 Å². The zero-order valence-electron chi connectivity index (χ0n) is 31.2. The SMILES string of the molecule is Cc1ccc2c3cc(-n4c5ccccc5c5ccccc54)ccc3n(-c3ccc(-c4nc(-c5ccccc5)nc(-c5cccc(-c6ccccc6)c5)n4)cc3)c2c1. The van der Waals surface area contributed by atoms with E-state index in [0.29, 0.717) is 17.5 Å². The highest BCUT2D eigenvalue weighted by Crippen LogP contribution is 2.38. The van der Waals surface area contributed by atoms with Crippen LogP contribution < -0.4 is 0 Å². The van der Waals surface area contributed by atoms with Gasteiger partial charge in [-0.3, -0.25) is 0 Å². The van der Waals surface area contributed by atoms with Crippen LogP contribution in [0.2, 0.25) is 0 Å². The average Bonchev–Trinajstić information content (AvgIpc) is 3.79. The Balaban J connectivity index is 1.04. The van der Waals surface area contributed by atoms with Crippen molar-refractivity contribution in [2.75, 3.05) is 0 Å². The van der Waals surface area contributed by atoms with Crippen LogP contribution in [0.15, 0.2) is 194 Å². The fourth-order valence-corrected chi connectivity index (χ4v) is 8.32. The van der Waals surface area contributed by atoms with Gasteiger partial charge in [0.05, 0.1) is 22.1 Å². The highest BCUT2D eigenvalue weighted by molar-refractivity contribution is 6.12. The molecule has 3 heterocycles. The number of nitrogens with zero attached hydrogens (tertiary/aromatic N) is 5. The summed E-state index contributed by atoms with van der Waals surface area (Å²) in [6, 6.07) is 68.6. The van der Waals surface area contributed by atoms with E-state index in [2.05, 4.69) is 174 Å². The monoisotopic (exact) mass is 729 g/mol. The molecule has 0 aliphatic carbocycles. The summed E-state index contributed by atoms with van der Waals surface area (Å²) in [6.07, 6.45) is 0. The standard InChI is InChI=1S/C52H35N5/c1-34-23-29-44-45-33-41(57-46-21-10-8-19-42(46)43-20-9-11-22-47(43)57)28-30-48(45)56(49(44)31-34)40-26-24-37(25-27-40)51-53-50(36-15-6-3-7-16-36)54-52(55-51)39-18-12-17-38(32-39)35-13-4-2-5-14-35/h2-33H,1H3.